The van der Waals surface area contributed by atoms with Crippen molar-refractivity contribution in [3.8, 4) is 0 Å². The van der Waals surface area contributed by atoms with Crippen LogP contribution in [-0.2, 0) is 0 Å². The topological polar surface area (TPSA) is 65.6 Å². The molecule has 0 unspecified atom stereocenters. The second-order valence-electron chi connectivity index (χ2n) is 1.89. The molecule has 1 radical (unpaired) electrons. The summed E-state index contributed by atoms with van der Waals surface area (Å²) in [5.74, 6) is 0. The molecule has 0 fully saturated rings. The van der Waals surface area contributed by atoms with Crippen molar-refractivity contribution < 1.29 is 4.73 Å². The van der Waals surface area contributed by atoms with Crippen LogP contribution in [-0.4, -0.2) is 15.0 Å². The van der Waals surface area contributed by atoms with Gasteiger partial charge in [-0.25, -0.2) is 14.7 Å². The molecule has 0 aliphatic heterocycles. The first-order valence-electron chi connectivity index (χ1n) is 2.95. The first-order chi connectivity index (χ1) is 5.38. The molecule has 2 aromatic rings. The van der Waals surface area contributed by atoms with Gasteiger partial charge in [0.25, 0.3) is 0 Å². The van der Waals surface area contributed by atoms with Crippen LogP contribution in [0.25, 0.3) is 11.3 Å². The molecule has 0 aliphatic rings. The lowest BCUT2D eigenvalue weighted by atomic mass is 10.6. The maximum absolute atomic E-state index is 10.9. The molecule has 0 aromatic carbocycles. The lowest BCUT2D eigenvalue weighted by Crippen LogP contribution is -2.28. The molecule has 0 amide bonds. The smallest absolute Gasteiger partial charge is 0.371 e. The van der Waals surface area contributed by atoms with Crippen molar-refractivity contribution in [3.63, 3.8) is 0 Å². The van der Waals surface area contributed by atoms with Crippen molar-refractivity contribution in [2.45, 2.75) is 0 Å². The summed E-state index contributed by atoms with van der Waals surface area (Å²) in [4.78, 5) is 11.4. The van der Waals surface area contributed by atoms with E-state index in [9.17, 15) is 5.21 Å². The van der Waals surface area contributed by atoms with Gasteiger partial charge in [0.05, 0.1) is 12.4 Å². The summed E-state index contributed by atoms with van der Waals surface area (Å²) in [6.45, 7) is 0. The molecular weight excluding hydrogens is 144 g/mol. The number of rotatable bonds is 0. The molecule has 2 rings (SSSR count). The van der Waals surface area contributed by atoms with E-state index in [1.807, 2.05) is 0 Å². The maximum Gasteiger partial charge on any atom is 0.371 e. The van der Waals surface area contributed by atoms with Crippen molar-refractivity contribution >= 4 is 11.3 Å². The highest BCUT2D eigenvalue weighted by molar-refractivity contribution is 5.58. The molecule has 2 aromatic heterocycles. The van der Waals surface area contributed by atoms with E-state index in [1.165, 1.54) is 18.6 Å². The molecule has 5 nitrogen and oxygen atoms in total. The van der Waals surface area contributed by atoms with Crippen LogP contribution in [0.15, 0.2) is 18.6 Å². The Morgan fingerprint density at radius 1 is 1.27 bits per heavy atom. The van der Waals surface area contributed by atoms with Gasteiger partial charge >= 0.3 is 5.65 Å². The molecular formula is C6H3N4O. The molecule has 0 saturated heterocycles. The lowest BCUT2D eigenvalue weighted by Gasteiger charge is -1.97. The van der Waals surface area contributed by atoms with Crippen LogP contribution in [0.3, 0.4) is 0 Å². The first kappa shape index (κ1) is 5.96. The second-order valence-corrected chi connectivity index (χ2v) is 1.89. The Labute approximate surface area is 61.9 Å². The Balaban J connectivity index is 2.91. The van der Waals surface area contributed by atoms with Crippen molar-refractivity contribution in [2.75, 3.05) is 0 Å². The van der Waals surface area contributed by atoms with Crippen molar-refractivity contribution in [1.29, 1.82) is 0 Å². The van der Waals surface area contributed by atoms with E-state index < -0.39 is 0 Å². The summed E-state index contributed by atoms with van der Waals surface area (Å²) in [7, 11) is 0. The van der Waals surface area contributed by atoms with Gasteiger partial charge in [0, 0.05) is 0 Å². The highest BCUT2D eigenvalue weighted by Crippen LogP contribution is 1.94. The lowest BCUT2D eigenvalue weighted by molar-refractivity contribution is -0.584. The SMILES string of the molecule is [O-][n+]1[c]cnc2nccnc21. The fourth-order valence-corrected chi connectivity index (χ4v) is 0.761. The van der Waals surface area contributed by atoms with E-state index in [0.29, 0.717) is 10.4 Å². The normalized spacial score (nSPS) is 10.2. The molecule has 0 saturated carbocycles. The van der Waals surface area contributed by atoms with Crippen molar-refractivity contribution in [3.05, 3.63) is 30.0 Å². The van der Waals surface area contributed by atoms with Gasteiger partial charge < -0.3 is 5.21 Å². The van der Waals surface area contributed by atoms with Crippen LogP contribution < -0.4 is 4.73 Å². The van der Waals surface area contributed by atoms with Crippen LogP contribution in [0.4, 0.5) is 0 Å². The van der Waals surface area contributed by atoms with E-state index in [4.69, 9.17) is 0 Å². The summed E-state index contributed by atoms with van der Waals surface area (Å²) in [5.41, 5.74) is 0.524. The summed E-state index contributed by atoms with van der Waals surface area (Å²) in [6, 6.07) is 0. The monoisotopic (exact) mass is 147 g/mol. The standard InChI is InChI=1S/C6H3N4O/c11-10-4-3-8-5-6(10)9-2-1-7-5/h1-3H. The second kappa shape index (κ2) is 2.12. The highest BCUT2D eigenvalue weighted by Gasteiger charge is 2.04. The quantitative estimate of drug-likeness (QED) is 0.370. The molecule has 53 valence electrons. The number of hydrogen-bond acceptors (Lipinski definition) is 4. The van der Waals surface area contributed by atoms with Gasteiger partial charge in [-0.1, -0.05) is 0 Å². The van der Waals surface area contributed by atoms with Gasteiger partial charge in [0.1, 0.15) is 0 Å². The Morgan fingerprint density at radius 3 is 2.91 bits per heavy atom. The van der Waals surface area contributed by atoms with E-state index in [1.54, 1.807) is 0 Å². The van der Waals surface area contributed by atoms with Gasteiger partial charge in [-0.15, -0.1) is 0 Å². The Hall–Kier alpha value is -1.78. The van der Waals surface area contributed by atoms with Gasteiger partial charge in [0.2, 0.25) is 5.65 Å². The van der Waals surface area contributed by atoms with Crippen LogP contribution in [0.5, 0.6) is 0 Å². The molecule has 0 aliphatic carbocycles. The van der Waals surface area contributed by atoms with E-state index in [-0.39, 0.29) is 5.65 Å². The van der Waals surface area contributed by atoms with Crippen LogP contribution >= 0.6 is 0 Å². The first-order valence-corrected chi connectivity index (χ1v) is 2.95. The van der Waals surface area contributed by atoms with Crippen LogP contribution in [0, 0.1) is 11.4 Å². The molecule has 5 heteroatoms. The Bertz CT molecular complexity index is 384. The molecule has 0 bridgehead atoms. The Morgan fingerprint density at radius 2 is 2.09 bits per heavy atom. The molecule has 11 heavy (non-hydrogen) atoms. The predicted molar refractivity (Wildman–Crippen MR) is 35.1 cm³/mol. The average Bonchev–Trinajstić information content (AvgIpc) is 2.06. The fourth-order valence-electron chi connectivity index (χ4n) is 0.761. The maximum atomic E-state index is 10.9. The Kier molecular flexibility index (Phi) is 1.15. The van der Waals surface area contributed by atoms with E-state index in [2.05, 4.69) is 21.1 Å². The third kappa shape index (κ3) is 0.861. The predicted octanol–water partition coefficient (Wildman–Crippen LogP) is -0.542. The number of fused-ring (bicyclic) bond motifs is 1. The van der Waals surface area contributed by atoms with Gasteiger partial charge in [-0.2, -0.15) is 0 Å². The van der Waals surface area contributed by atoms with Crippen LogP contribution in [0.1, 0.15) is 0 Å². The number of hydrogen-bond donors (Lipinski definition) is 0. The zero-order valence-electron chi connectivity index (χ0n) is 5.43. The summed E-state index contributed by atoms with van der Waals surface area (Å²) in [5, 5.41) is 10.9. The van der Waals surface area contributed by atoms with Crippen molar-refractivity contribution in [1.82, 2.24) is 15.0 Å². The molecule has 0 atom stereocenters. The number of aromatic nitrogens is 4. The fraction of sp³-hybridized carbons (Fsp3) is 0. The minimum Gasteiger partial charge on any atom is -0.710 e. The zero-order valence-corrected chi connectivity index (χ0v) is 5.43. The third-order valence-corrected chi connectivity index (χ3v) is 1.21. The van der Waals surface area contributed by atoms with Crippen LogP contribution in [0.2, 0.25) is 0 Å². The largest absolute Gasteiger partial charge is 0.710 e. The van der Waals surface area contributed by atoms with Gasteiger partial charge in [-0.3, -0.25) is 0 Å². The van der Waals surface area contributed by atoms with Gasteiger partial charge in [0.15, 0.2) is 12.4 Å². The van der Waals surface area contributed by atoms with Crippen molar-refractivity contribution in [2.24, 2.45) is 0 Å². The summed E-state index contributed by atoms with van der Waals surface area (Å²) < 4.78 is 0.509. The highest BCUT2D eigenvalue weighted by atomic mass is 16.5. The average molecular weight is 147 g/mol. The zero-order chi connectivity index (χ0) is 7.68. The number of nitrogens with zero attached hydrogens (tertiary/aromatic N) is 4. The molecule has 2 heterocycles. The summed E-state index contributed by atoms with van der Waals surface area (Å²) in [6.07, 6.45) is 6.51. The third-order valence-electron chi connectivity index (χ3n) is 1.21. The minimum absolute atomic E-state index is 0.190. The van der Waals surface area contributed by atoms with E-state index >= 15 is 0 Å². The van der Waals surface area contributed by atoms with Gasteiger partial charge in [-0.05, 0) is 4.98 Å². The minimum atomic E-state index is 0.190. The van der Waals surface area contributed by atoms with E-state index in [0.717, 1.165) is 0 Å². The summed E-state index contributed by atoms with van der Waals surface area (Å²) >= 11 is 0. The molecule has 0 spiro atoms. The molecule has 0 N–H and O–H groups in total.